The lowest BCUT2D eigenvalue weighted by Gasteiger charge is -2.09. The Morgan fingerprint density at radius 1 is 1.29 bits per heavy atom. The van der Waals surface area contributed by atoms with Crippen molar-refractivity contribution in [3.8, 4) is 5.75 Å². The number of nitrogens with zero attached hydrogens (tertiary/aromatic N) is 1. The molecular weight excluding hydrogens is 313 g/mol. The van der Waals surface area contributed by atoms with E-state index in [1.807, 2.05) is 18.2 Å². The fraction of sp³-hybridized carbons (Fsp3) is 0.118. The lowest BCUT2D eigenvalue weighted by Crippen LogP contribution is -2.27. The fourth-order valence-corrected chi connectivity index (χ4v) is 2.33. The van der Waals surface area contributed by atoms with Gasteiger partial charge in [0.25, 0.3) is 11.5 Å². The summed E-state index contributed by atoms with van der Waals surface area (Å²) in [5.74, 6) is -0.561. The molecule has 1 aromatic heterocycles. The molecule has 0 radical (unpaired) electrons. The first-order chi connectivity index (χ1) is 11.6. The summed E-state index contributed by atoms with van der Waals surface area (Å²) < 4.78 is 18.4. The van der Waals surface area contributed by atoms with Crippen LogP contribution in [0.4, 0.5) is 4.39 Å². The zero-order valence-electron chi connectivity index (χ0n) is 12.8. The van der Waals surface area contributed by atoms with Crippen LogP contribution in [0, 0.1) is 5.82 Å². The maximum absolute atomic E-state index is 13.2. The van der Waals surface area contributed by atoms with Crippen molar-refractivity contribution in [2.24, 2.45) is 0 Å². The summed E-state index contributed by atoms with van der Waals surface area (Å²) in [4.78, 5) is 30.6. The van der Waals surface area contributed by atoms with E-state index in [4.69, 9.17) is 4.74 Å². The van der Waals surface area contributed by atoms with Crippen LogP contribution in [0.15, 0.2) is 47.3 Å². The van der Waals surface area contributed by atoms with Gasteiger partial charge in [-0.05, 0) is 24.3 Å². The van der Waals surface area contributed by atoms with Crippen molar-refractivity contribution >= 4 is 16.8 Å². The Morgan fingerprint density at radius 2 is 2.08 bits per heavy atom. The van der Waals surface area contributed by atoms with Gasteiger partial charge in [-0.1, -0.05) is 18.2 Å². The predicted octanol–water partition coefficient (Wildman–Crippen LogP) is 2.00. The van der Waals surface area contributed by atoms with Gasteiger partial charge in [-0.15, -0.1) is 0 Å². The van der Waals surface area contributed by atoms with Crippen molar-refractivity contribution in [3.05, 3.63) is 70.0 Å². The third-order valence-corrected chi connectivity index (χ3v) is 3.51. The molecule has 122 valence electrons. The largest absolute Gasteiger partial charge is 0.496 e. The highest BCUT2D eigenvalue weighted by Gasteiger charge is 2.12. The normalized spacial score (nSPS) is 10.6. The third-order valence-electron chi connectivity index (χ3n) is 3.51. The number of ether oxygens (including phenoxy) is 1. The van der Waals surface area contributed by atoms with Gasteiger partial charge >= 0.3 is 0 Å². The van der Waals surface area contributed by atoms with Gasteiger partial charge in [-0.2, -0.15) is 0 Å². The number of fused-ring (bicyclic) bond motifs is 1. The van der Waals surface area contributed by atoms with Gasteiger partial charge in [0.2, 0.25) is 0 Å². The van der Waals surface area contributed by atoms with Crippen LogP contribution >= 0.6 is 0 Å². The number of nitrogens with one attached hydrogen (secondary N) is 2. The molecule has 0 fully saturated rings. The van der Waals surface area contributed by atoms with Crippen LogP contribution in [0.25, 0.3) is 10.9 Å². The number of halogens is 1. The summed E-state index contributed by atoms with van der Waals surface area (Å²) in [5, 5.41) is 2.76. The molecule has 0 bridgehead atoms. The molecule has 1 amide bonds. The van der Waals surface area contributed by atoms with Crippen LogP contribution in [0.2, 0.25) is 0 Å². The molecule has 0 aliphatic rings. The maximum atomic E-state index is 13.2. The SMILES string of the molecule is COc1ccccc1CNC(=O)c1nc2ccc(F)cc2c(=O)[nH]1. The second-order valence-electron chi connectivity index (χ2n) is 5.07. The van der Waals surface area contributed by atoms with E-state index in [1.54, 1.807) is 13.2 Å². The molecule has 1 heterocycles. The Labute approximate surface area is 136 Å². The van der Waals surface area contributed by atoms with Gasteiger partial charge in [0.15, 0.2) is 5.82 Å². The van der Waals surface area contributed by atoms with E-state index in [-0.39, 0.29) is 23.3 Å². The van der Waals surface area contributed by atoms with Crippen molar-refractivity contribution in [2.45, 2.75) is 6.54 Å². The lowest BCUT2D eigenvalue weighted by atomic mass is 10.2. The van der Waals surface area contributed by atoms with E-state index < -0.39 is 17.3 Å². The molecule has 0 atom stereocenters. The van der Waals surface area contributed by atoms with Crippen molar-refractivity contribution in [1.82, 2.24) is 15.3 Å². The summed E-state index contributed by atoms with van der Waals surface area (Å²) in [5.41, 5.74) is 0.475. The van der Waals surface area contributed by atoms with Crippen molar-refractivity contribution < 1.29 is 13.9 Å². The number of aromatic amines is 1. The van der Waals surface area contributed by atoms with E-state index >= 15 is 0 Å². The van der Waals surface area contributed by atoms with Crippen LogP contribution < -0.4 is 15.6 Å². The number of aromatic nitrogens is 2. The molecule has 0 aliphatic heterocycles. The first-order valence-corrected chi connectivity index (χ1v) is 7.18. The molecule has 0 saturated heterocycles. The van der Waals surface area contributed by atoms with Crippen molar-refractivity contribution in [1.29, 1.82) is 0 Å². The van der Waals surface area contributed by atoms with Gasteiger partial charge < -0.3 is 15.0 Å². The predicted molar refractivity (Wildman–Crippen MR) is 86.5 cm³/mol. The standard InChI is InChI=1S/C17H14FN3O3/c1-24-14-5-3-2-4-10(14)9-19-17(23)15-20-13-7-6-11(18)8-12(13)16(22)21-15/h2-8H,9H2,1H3,(H,19,23)(H,20,21,22). The third kappa shape index (κ3) is 3.10. The number of benzene rings is 2. The molecule has 7 heteroatoms. The number of H-pyrrole nitrogens is 1. The summed E-state index contributed by atoms with van der Waals surface area (Å²) in [6, 6.07) is 10.9. The molecule has 2 aromatic carbocycles. The van der Waals surface area contributed by atoms with E-state index in [2.05, 4.69) is 15.3 Å². The Balaban J connectivity index is 1.84. The van der Waals surface area contributed by atoms with Crippen molar-refractivity contribution in [3.63, 3.8) is 0 Å². The molecule has 3 rings (SSSR count). The van der Waals surface area contributed by atoms with Crippen LogP contribution in [0.1, 0.15) is 16.2 Å². The molecule has 0 aliphatic carbocycles. The average molecular weight is 327 g/mol. The Bertz CT molecular complexity index is 969. The highest BCUT2D eigenvalue weighted by molar-refractivity contribution is 5.92. The van der Waals surface area contributed by atoms with E-state index in [0.29, 0.717) is 5.75 Å². The van der Waals surface area contributed by atoms with Gasteiger partial charge in [0.05, 0.1) is 18.0 Å². The average Bonchev–Trinajstić information content (AvgIpc) is 2.60. The molecule has 3 aromatic rings. The highest BCUT2D eigenvalue weighted by Crippen LogP contribution is 2.16. The van der Waals surface area contributed by atoms with Gasteiger partial charge in [0, 0.05) is 12.1 Å². The summed E-state index contributed by atoms with van der Waals surface area (Å²) in [7, 11) is 1.54. The monoisotopic (exact) mass is 327 g/mol. The zero-order valence-corrected chi connectivity index (χ0v) is 12.8. The summed E-state index contributed by atoms with van der Waals surface area (Å²) in [6.07, 6.45) is 0. The first-order valence-electron chi connectivity index (χ1n) is 7.18. The van der Waals surface area contributed by atoms with Gasteiger partial charge in [-0.25, -0.2) is 9.37 Å². The molecule has 0 spiro atoms. The van der Waals surface area contributed by atoms with E-state index in [9.17, 15) is 14.0 Å². The number of para-hydroxylation sites is 1. The zero-order chi connectivity index (χ0) is 17.1. The number of rotatable bonds is 4. The van der Waals surface area contributed by atoms with E-state index in [1.165, 1.54) is 12.1 Å². The topological polar surface area (TPSA) is 84.1 Å². The minimum atomic E-state index is -0.568. The fourth-order valence-electron chi connectivity index (χ4n) is 2.33. The highest BCUT2D eigenvalue weighted by atomic mass is 19.1. The smallest absolute Gasteiger partial charge is 0.287 e. The minimum Gasteiger partial charge on any atom is -0.496 e. The van der Waals surface area contributed by atoms with Crippen LogP contribution in [-0.2, 0) is 6.54 Å². The molecule has 2 N–H and O–H groups in total. The second-order valence-corrected chi connectivity index (χ2v) is 5.07. The van der Waals surface area contributed by atoms with Gasteiger partial charge in [0.1, 0.15) is 11.6 Å². The number of methoxy groups -OCH3 is 1. The van der Waals surface area contributed by atoms with E-state index in [0.717, 1.165) is 11.6 Å². The molecule has 24 heavy (non-hydrogen) atoms. The number of amides is 1. The number of hydrogen-bond donors (Lipinski definition) is 2. The maximum Gasteiger partial charge on any atom is 0.287 e. The molecular formula is C17H14FN3O3. The lowest BCUT2D eigenvalue weighted by molar-refractivity contribution is 0.0940. The number of carbonyl (C=O) groups excluding carboxylic acids is 1. The van der Waals surface area contributed by atoms with Crippen LogP contribution in [0.5, 0.6) is 5.75 Å². The Morgan fingerprint density at radius 3 is 2.88 bits per heavy atom. The summed E-state index contributed by atoms with van der Waals surface area (Å²) >= 11 is 0. The first kappa shape index (κ1) is 15.7. The molecule has 0 unspecified atom stereocenters. The molecule has 6 nitrogen and oxygen atoms in total. The summed E-state index contributed by atoms with van der Waals surface area (Å²) in [6.45, 7) is 0.216. The number of carbonyl (C=O) groups is 1. The van der Waals surface area contributed by atoms with Crippen molar-refractivity contribution in [2.75, 3.05) is 7.11 Å². The quantitative estimate of drug-likeness (QED) is 0.768. The minimum absolute atomic E-state index is 0.0938. The van der Waals surface area contributed by atoms with Crippen LogP contribution in [-0.4, -0.2) is 23.0 Å². The molecule has 0 saturated carbocycles. The Kier molecular flexibility index (Phi) is 4.24. The Hall–Kier alpha value is -3.22. The second kappa shape index (κ2) is 6.49. The number of hydrogen-bond acceptors (Lipinski definition) is 4. The van der Waals surface area contributed by atoms with Crippen LogP contribution in [0.3, 0.4) is 0 Å². The van der Waals surface area contributed by atoms with Gasteiger partial charge in [-0.3, -0.25) is 9.59 Å².